The van der Waals surface area contributed by atoms with Crippen molar-refractivity contribution in [3.63, 3.8) is 0 Å². The summed E-state index contributed by atoms with van der Waals surface area (Å²) in [5.41, 5.74) is 2.53. The minimum atomic E-state index is 0.632. The zero-order chi connectivity index (χ0) is 12.4. The summed E-state index contributed by atoms with van der Waals surface area (Å²) in [6.07, 6.45) is 2.56. The number of anilines is 1. The predicted octanol–water partition coefficient (Wildman–Crippen LogP) is 4.86. The van der Waals surface area contributed by atoms with Gasteiger partial charge in [0.25, 0.3) is 0 Å². The maximum absolute atomic E-state index is 6.40. The molecule has 0 bridgehead atoms. The van der Waals surface area contributed by atoms with Gasteiger partial charge in [-0.2, -0.15) is 0 Å². The minimum absolute atomic E-state index is 0.632. The molecule has 0 radical (unpaired) electrons. The highest BCUT2D eigenvalue weighted by Gasteiger charge is 2.29. The lowest BCUT2D eigenvalue weighted by Crippen LogP contribution is -2.34. The molecule has 3 heteroatoms. The van der Waals surface area contributed by atoms with Crippen LogP contribution in [0.1, 0.15) is 32.3 Å². The lowest BCUT2D eigenvalue weighted by atomic mass is 10.0. The first kappa shape index (κ1) is 13.2. The molecule has 0 aliphatic carbocycles. The summed E-state index contributed by atoms with van der Waals surface area (Å²) in [6.45, 7) is 5.73. The third kappa shape index (κ3) is 2.63. The zero-order valence-corrected chi connectivity index (χ0v) is 12.8. The smallest absolute Gasteiger partial charge is 0.0642 e. The van der Waals surface area contributed by atoms with Crippen LogP contribution in [0.2, 0.25) is 5.02 Å². The van der Waals surface area contributed by atoms with Gasteiger partial charge in [0.05, 0.1) is 10.7 Å². The van der Waals surface area contributed by atoms with Crippen LogP contribution in [0, 0.1) is 5.92 Å². The van der Waals surface area contributed by atoms with E-state index in [2.05, 4.69) is 40.7 Å². The first-order chi connectivity index (χ1) is 8.15. The molecule has 0 spiro atoms. The molecule has 94 valence electrons. The molecule has 1 atom stereocenters. The van der Waals surface area contributed by atoms with Gasteiger partial charge >= 0.3 is 0 Å². The van der Waals surface area contributed by atoms with E-state index < -0.39 is 0 Å². The van der Waals surface area contributed by atoms with Crippen molar-refractivity contribution >= 4 is 33.2 Å². The Morgan fingerprint density at radius 2 is 2.24 bits per heavy atom. The molecule has 1 aromatic rings. The number of para-hydroxylation sites is 1. The molecule has 1 aromatic carbocycles. The molecule has 0 N–H and O–H groups in total. The van der Waals surface area contributed by atoms with Gasteiger partial charge < -0.3 is 4.90 Å². The highest BCUT2D eigenvalue weighted by Crippen LogP contribution is 2.37. The average Bonchev–Trinajstić information content (AvgIpc) is 2.77. The Bertz CT molecular complexity index is 392. The van der Waals surface area contributed by atoms with Crippen molar-refractivity contribution in [3.8, 4) is 0 Å². The Kier molecular flexibility index (Phi) is 4.37. The van der Waals surface area contributed by atoms with Crippen LogP contribution in [-0.4, -0.2) is 12.6 Å². The summed E-state index contributed by atoms with van der Waals surface area (Å²) in [6, 6.07) is 6.82. The van der Waals surface area contributed by atoms with Gasteiger partial charge in [0.15, 0.2) is 0 Å². The maximum Gasteiger partial charge on any atom is 0.0642 e. The molecule has 1 saturated heterocycles. The van der Waals surface area contributed by atoms with Gasteiger partial charge in [0.2, 0.25) is 0 Å². The quantitative estimate of drug-likeness (QED) is 0.720. The Morgan fingerprint density at radius 3 is 2.88 bits per heavy atom. The monoisotopic (exact) mass is 315 g/mol. The van der Waals surface area contributed by atoms with Crippen LogP contribution in [0.25, 0.3) is 0 Å². The second-order valence-electron chi connectivity index (χ2n) is 5.03. The summed E-state index contributed by atoms with van der Waals surface area (Å²) < 4.78 is 0. The second kappa shape index (κ2) is 5.62. The molecule has 1 unspecified atom stereocenters. The Hall–Kier alpha value is -0.210. The van der Waals surface area contributed by atoms with E-state index in [-0.39, 0.29) is 0 Å². The highest BCUT2D eigenvalue weighted by atomic mass is 79.9. The third-order valence-electron chi connectivity index (χ3n) is 3.57. The summed E-state index contributed by atoms with van der Waals surface area (Å²) in [7, 11) is 0. The van der Waals surface area contributed by atoms with E-state index in [0.29, 0.717) is 12.0 Å². The van der Waals surface area contributed by atoms with Crippen molar-refractivity contribution in [2.24, 2.45) is 5.92 Å². The topological polar surface area (TPSA) is 3.24 Å². The molecule has 1 fully saturated rings. The standard InChI is InChI=1S/C14H19BrClN/c1-10(2)13-7-4-8-17(13)14-11(9-15)5-3-6-12(14)16/h3,5-6,10,13H,4,7-9H2,1-2H3. The number of hydrogen-bond donors (Lipinski definition) is 0. The van der Waals surface area contributed by atoms with Crippen molar-refractivity contribution < 1.29 is 0 Å². The number of halogens is 2. The van der Waals surface area contributed by atoms with Crippen LogP contribution >= 0.6 is 27.5 Å². The molecule has 1 aliphatic heterocycles. The van der Waals surface area contributed by atoms with E-state index in [1.54, 1.807) is 0 Å². The first-order valence-corrected chi connectivity index (χ1v) is 7.75. The van der Waals surface area contributed by atoms with Gasteiger partial charge in [-0.25, -0.2) is 0 Å². The molecule has 2 rings (SSSR count). The SMILES string of the molecule is CC(C)C1CCCN1c1c(Cl)cccc1CBr. The van der Waals surface area contributed by atoms with Gasteiger partial charge in [0, 0.05) is 17.9 Å². The van der Waals surface area contributed by atoms with Gasteiger partial charge in [-0.3, -0.25) is 0 Å². The number of alkyl halides is 1. The van der Waals surface area contributed by atoms with E-state index in [0.717, 1.165) is 16.9 Å². The molecular weight excluding hydrogens is 298 g/mol. The van der Waals surface area contributed by atoms with Crippen molar-refractivity contribution in [1.29, 1.82) is 0 Å². The summed E-state index contributed by atoms with van der Waals surface area (Å²) in [5.74, 6) is 0.678. The first-order valence-electron chi connectivity index (χ1n) is 6.25. The Morgan fingerprint density at radius 1 is 1.47 bits per heavy atom. The van der Waals surface area contributed by atoms with Crippen LogP contribution in [0.15, 0.2) is 18.2 Å². The van der Waals surface area contributed by atoms with Gasteiger partial charge in [0.1, 0.15) is 0 Å². The Labute approximate surface area is 117 Å². The normalized spacial score (nSPS) is 20.3. The minimum Gasteiger partial charge on any atom is -0.367 e. The zero-order valence-electron chi connectivity index (χ0n) is 10.4. The summed E-state index contributed by atoms with van der Waals surface area (Å²) in [4.78, 5) is 2.50. The molecule has 1 aliphatic rings. The van der Waals surface area contributed by atoms with Gasteiger partial charge in [-0.1, -0.05) is 53.5 Å². The second-order valence-corrected chi connectivity index (χ2v) is 6.00. The molecule has 0 amide bonds. The van der Waals surface area contributed by atoms with Crippen LogP contribution < -0.4 is 4.90 Å². The molecule has 0 saturated carbocycles. The maximum atomic E-state index is 6.40. The average molecular weight is 317 g/mol. The summed E-state index contributed by atoms with van der Waals surface area (Å²) in [5, 5.41) is 1.75. The van der Waals surface area contributed by atoms with Crippen LogP contribution in [0.4, 0.5) is 5.69 Å². The van der Waals surface area contributed by atoms with Crippen molar-refractivity contribution in [2.45, 2.75) is 38.1 Å². The van der Waals surface area contributed by atoms with Crippen molar-refractivity contribution in [2.75, 3.05) is 11.4 Å². The van der Waals surface area contributed by atoms with Crippen molar-refractivity contribution in [3.05, 3.63) is 28.8 Å². The number of benzene rings is 1. The predicted molar refractivity (Wildman–Crippen MR) is 79.3 cm³/mol. The van der Waals surface area contributed by atoms with Crippen LogP contribution in [0.5, 0.6) is 0 Å². The van der Waals surface area contributed by atoms with Crippen LogP contribution in [-0.2, 0) is 5.33 Å². The fraction of sp³-hybridized carbons (Fsp3) is 0.571. The molecule has 17 heavy (non-hydrogen) atoms. The summed E-state index contributed by atoms with van der Waals surface area (Å²) >= 11 is 9.96. The van der Waals surface area contributed by atoms with E-state index >= 15 is 0 Å². The number of nitrogens with zero attached hydrogens (tertiary/aromatic N) is 1. The third-order valence-corrected chi connectivity index (χ3v) is 4.48. The van der Waals surface area contributed by atoms with E-state index in [9.17, 15) is 0 Å². The lowest BCUT2D eigenvalue weighted by Gasteiger charge is -2.32. The van der Waals surface area contributed by atoms with E-state index in [1.165, 1.54) is 24.1 Å². The van der Waals surface area contributed by atoms with Gasteiger partial charge in [-0.05, 0) is 30.4 Å². The van der Waals surface area contributed by atoms with E-state index in [4.69, 9.17) is 11.6 Å². The highest BCUT2D eigenvalue weighted by molar-refractivity contribution is 9.08. The fourth-order valence-electron chi connectivity index (χ4n) is 2.75. The van der Waals surface area contributed by atoms with Crippen LogP contribution in [0.3, 0.4) is 0 Å². The molecule has 1 nitrogen and oxygen atoms in total. The van der Waals surface area contributed by atoms with Crippen molar-refractivity contribution in [1.82, 2.24) is 0 Å². The number of hydrogen-bond acceptors (Lipinski definition) is 1. The number of rotatable bonds is 3. The largest absolute Gasteiger partial charge is 0.367 e. The van der Waals surface area contributed by atoms with Gasteiger partial charge in [-0.15, -0.1) is 0 Å². The van der Waals surface area contributed by atoms with E-state index in [1.807, 2.05) is 12.1 Å². The lowest BCUT2D eigenvalue weighted by molar-refractivity contribution is 0.491. The Balaban J connectivity index is 2.39. The molecular formula is C14H19BrClN. The molecule has 1 heterocycles. The molecule has 0 aromatic heterocycles. The fourth-order valence-corrected chi connectivity index (χ4v) is 3.51.